The largest absolute Gasteiger partial charge is 0.492 e. The third-order valence-electron chi connectivity index (χ3n) is 1.91. The molecule has 0 spiro atoms. The van der Waals surface area contributed by atoms with Crippen molar-refractivity contribution in [2.45, 2.75) is 20.8 Å². The minimum absolute atomic E-state index is 0.00785. The fourth-order valence-electron chi connectivity index (χ4n) is 0.883. The molecule has 0 amide bonds. The summed E-state index contributed by atoms with van der Waals surface area (Å²) in [5.74, 6) is -0.00785. The van der Waals surface area contributed by atoms with Gasteiger partial charge in [-0.1, -0.05) is 26.5 Å². The molecule has 0 saturated carbocycles. The number of hydrogen-bond donors (Lipinski definition) is 2. The summed E-state index contributed by atoms with van der Waals surface area (Å²) in [5, 5.41) is 14.0. The van der Waals surface area contributed by atoms with Gasteiger partial charge in [0.15, 0.2) is 0 Å². The highest BCUT2D eigenvalue weighted by atomic mass is 32.2. The van der Waals surface area contributed by atoms with E-state index in [4.69, 9.17) is 15.0 Å². The lowest BCUT2D eigenvalue weighted by molar-refractivity contribution is 0.0664. The van der Waals surface area contributed by atoms with Crippen molar-refractivity contribution < 1.29 is 18.3 Å². The molecular weight excluding hydrogens is 230 g/mol. The lowest BCUT2D eigenvalue weighted by Gasteiger charge is -2.22. The van der Waals surface area contributed by atoms with Gasteiger partial charge in [-0.25, -0.2) is 13.6 Å². The van der Waals surface area contributed by atoms with E-state index >= 15 is 0 Å². The van der Waals surface area contributed by atoms with Crippen molar-refractivity contribution in [1.82, 2.24) is 0 Å². The molecule has 94 valence electrons. The van der Waals surface area contributed by atoms with Crippen LogP contribution in [0.5, 0.6) is 0 Å². The number of hydrogen-bond acceptors (Lipinski definition) is 4. The maximum Gasteiger partial charge on any atom is 0.241 e. The van der Waals surface area contributed by atoms with Gasteiger partial charge in [-0.05, 0) is 6.92 Å². The molecule has 0 rings (SSSR count). The fraction of sp³-hybridized carbons (Fsp3) is 0.600. The Morgan fingerprint density at radius 3 is 2.38 bits per heavy atom. The number of sulfonamides is 1. The molecular formula is C10H19NO4S. The first-order valence-electron chi connectivity index (χ1n) is 4.76. The smallest absolute Gasteiger partial charge is 0.241 e. The van der Waals surface area contributed by atoms with Crippen molar-refractivity contribution in [3.8, 4) is 0 Å². The van der Waals surface area contributed by atoms with Crippen LogP contribution in [0.4, 0.5) is 0 Å². The van der Waals surface area contributed by atoms with Gasteiger partial charge in [0.25, 0.3) is 0 Å². The number of primary sulfonamides is 1. The second kappa shape index (κ2) is 5.47. The molecule has 0 heterocycles. The Kier molecular flexibility index (Phi) is 5.18. The average Bonchev–Trinajstić information content (AvgIpc) is 2.14. The average molecular weight is 249 g/mol. The molecule has 0 aliphatic carbocycles. The van der Waals surface area contributed by atoms with Gasteiger partial charge >= 0.3 is 0 Å². The third kappa shape index (κ3) is 4.78. The molecule has 0 aromatic carbocycles. The van der Waals surface area contributed by atoms with Crippen LogP contribution in [-0.4, -0.2) is 26.7 Å². The van der Waals surface area contributed by atoms with Crippen LogP contribution in [0.25, 0.3) is 0 Å². The molecule has 0 radical (unpaired) electrons. The lowest BCUT2D eigenvalue weighted by atomic mass is 9.97. The van der Waals surface area contributed by atoms with Crippen molar-refractivity contribution in [2.24, 2.45) is 10.6 Å². The topological polar surface area (TPSA) is 89.6 Å². The zero-order chi connectivity index (χ0) is 13.0. The molecule has 0 fully saturated rings. The van der Waals surface area contributed by atoms with Crippen molar-refractivity contribution in [2.75, 3.05) is 13.2 Å². The van der Waals surface area contributed by atoms with Gasteiger partial charge in [0.2, 0.25) is 10.0 Å². The van der Waals surface area contributed by atoms with Crippen LogP contribution in [-0.2, 0) is 14.8 Å². The van der Waals surface area contributed by atoms with Crippen LogP contribution in [0, 0.1) is 5.41 Å². The molecule has 0 aliphatic heterocycles. The number of nitrogens with two attached hydrogens (primary N) is 1. The summed E-state index contributed by atoms with van der Waals surface area (Å²) < 4.78 is 27.4. The Balaban J connectivity index is 4.62. The Labute approximate surface area is 96.7 Å². The van der Waals surface area contributed by atoms with Gasteiger partial charge in [0.05, 0.1) is 13.2 Å². The SMILES string of the molecule is C=C(OCC(C)(C)CO)C(=CC)S(N)(=O)=O. The first-order chi connectivity index (χ1) is 7.14. The van der Waals surface area contributed by atoms with E-state index in [0.29, 0.717) is 0 Å². The van der Waals surface area contributed by atoms with Gasteiger partial charge in [-0.15, -0.1) is 0 Å². The maximum atomic E-state index is 11.1. The summed E-state index contributed by atoms with van der Waals surface area (Å²) in [5.41, 5.74) is -0.458. The van der Waals surface area contributed by atoms with Crippen molar-refractivity contribution in [3.05, 3.63) is 23.3 Å². The first kappa shape index (κ1) is 15.2. The van der Waals surface area contributed by atoms with E-state index in [-0.39, 0.29) is 23.9 Å². The van der Waals surface area contributed by atoms with E-state index in [9.17, 15) is 8.42 Å². The lowest BCUT2D eigenvalue weighted by Crippen LogP contribution is -2.25. The minimum Gasteiger partial charge on any atom is -0.492 e. The van der Waals surface area contributed by atoms with Crippen LogP contribution in [0.2, 0.25) is 0 Å². The number of aliphatic hydroxyl groups is 1. The first-order valence-corrected chi connectivity index (χ1v) is 6.31. The molecule has 0 unspecified atom stereocenters. The Bertz CT molecular complexity index is 382. The molecule has 0 aliphatic rings. The summed E-state index contributed by atoms with van der Waals surface area (Å²) in [6.07, 6.45) is 1.32. The highest BCUT2D eigenvalue weighted by Gasteiger charge is 2.21. The van der Waals surface area contributed by atoms with E-state index in [1.54, 1.807) is 13.8 Å². The Hall–Kier alpha value is -0.850. The Morgan fingerprint density at radius 1 is 1.56 bits per heavy atom. The van der Waals surface area contributed by atoms with E-state index in [2.05, 4.69) is 6.58 Å². The van der Waals surface area contributed by atoms with Gasteiger partial charge in [0, 0.05) is 5.41 Å². The molecule has 0 aromatic heterocycles. The summed E-state index contributed by atoms with van der Waals surface area (Å²) in [7, 11) is -3.81. The van der Waals surface area contributed by atoms with Gasteiger partial charge in [-0.3, -0.25) is 0 Å². The van der Waals surface area contributed by atoms with Crippen LogP contribution in [0.1, 0.15) is 20.8 Å². The molecule has 3 N–H and O–H groups in total. The van der Waals surface area contributed by atoms with Crippen LogP contribution < -0.4 is 5.14 Å². The Morgan fingerprint density at radius 2 is 2.06 bits per heavy atom. The summed E-state index contributed by atoms with van der Waals surface area (Å²) in [6.45, 7) is 8.69. The second-order valence-electron chi connectivity index (χ2n) is 4.23. The molecule has 5 nitrogen and oxygen atoms in total. The predicted molar refractivity (Wildman–Crippen MR) is 62.8 cm³/mol. The standard InChI is InChI=1S/C10H19NO4S/c1-5-9(16(11,13)14)8(2)15-7-10(3,4)6-12/h5,12H,2,6-7H2,1,3-4H3,(H2,11,13,14). The van der Waals surface area contributed by atoms with Gasteiger partial charge in [0.1, 0.15) is 10.7 Å². The highest BCUT2D eigenvalue weighted by Crippen LogP contribution is 2.20. The monoisotopic (exact) mass is 249 g/mol. The highest BCUT2D eigenvalue weighted by molar-refractivity contribution is 7.93. The van der Waals surface area contributed by atoms with Crippen LogP contribution in [0.3, 0.4) is 0 Å². The quantitative estimate of drug-likeness (QED) is 0.536. The second-order valence-corrected chi connectivity index (χ2v) is 5.76. The van der Waals surface area contributed by atoms with E-state index in [1.165, 1.54) is 13.0 Å². The minimum atomic E-state index is -3.81. The summed E-state index contributed by atoms with van der Waals surface area (Å²) in [4.78, 5) is -0.138. The number of allylic oxidation sites excluding steroid dienone is 1. The molecule has 0 aromatic rings. The molecule has 0 saturated heterocycles. The van der Waals surface area contributed by atoms with E-state index in [0.717, 1.165) is 0 Å². The predicted octanol–water partition coefficient (Wildman–Crippen LogP) is 0.728. The number of aliphatic hydroxyl groups excluding tert-OH is 1. The normalized spacial score (nSPS) is 13.7. The molecule has 6 heteroatoms. The fourth-order valence-corrected chi connectivity index (χ4v) is 1.59. The van der Waals surface area contributed by atoms with Crippen LogP contribution >= 0.6 is 0 Å². The zero-order valence-corrected chi connectivity index (χ0v) is 10.7. The molecule has 16 heavy (non-hydrogen) atoms. The van der Waals surface area contributed by atoms with Crippen LogP contribution in [0.15, 0.2) is 23.3 Å². The van der Waals surface area contributed by atoms with E-state index in [1.807, 2.05) is 0 Å². The summed E-state index contributed by atoms with van der Waals surface area (Å²) in [6, 6.07) is 0. The van der Waals surface area contributed by atoms with Gasteiger partial charge in [-0.2, -0.15) is 0 Å². The third-order valence-corrected chi connectivity index (χ3v) is 2.99. The van der Waals surface area contributed by atoms with Crippen molar-refractivity contribution in [1.29, 1.82) is 0 Å². The maximum absolute atomic E-state index is 11.1. The zero-order valence-electron chi connectivity index (χ0n) is 9.86. The van der Waals surface area contributed by atoms with E-state index < -0.39 is 15.4 Å². The molecule has 0 bridgehead atoms. The summed E-state index contributed by atoms with van der Waals surface area (Å²) >= 11 is 0. The molecule has 0 atom stereocenters. The van der Waals surface area contributed by atoms with Crippen molar-refractivity contribution >= 4 is 10.0 Å². The van der Waals surface area contributed by atoms with Gasteiger partial charge < -0.3 is 9.84 Å². The van der Waals surface area contributed by atoms with Crippen molar-refractivity contribution in [3.63, 3.8) is 0 Å². The number of rotatable bonds is 6. The number of ether oxygens (including phenoxy) is 1.